The van der Waals surface area contributed by atoms with Crippen molar-refractivity contribution in [3.63, 3.8) is 0 Å². The van der Waals surface area contributed by atoms with Crippen LogP contribution in [0.15, 0.2) is 54.6 Å². The second-order valence-electron chi connectivity index (χ2n) is 6.91. The van der Waals surface area contributed by atoms with Crippen LogP contribution in [0.5, 0.6) is 0 Å². The minimum Gasteiger partial charge on any atom is -0.325 e. The van der Waals surface area contributed by atoms with Crippen molar-refractivity contribution in [1.82, 2.24) is 10.2 Å². The number of carbonyl (C=O) groups is 3. The van der Waals surface area contributed by atoms with Gasteiger partial charge in [-0.05, 0) is 24.6 Å². The van der Waals surface area contributed by atoms with Crippen molar-refractivity contribution in [2.45, 2.75) is 25.8 Å². The number of benzene rings is 2. The van der Waals surface area contributed by atoms with Gasteiger partial charge in [0.05, 0.1) is 12.5 Å². The Labute approximate surface area is 169 Å². The average Bonchev–Trinajstić information content (AvgIpc) is 2.97. The monoisotopic (exact) mass is 390 g/mol. The molecule has 1 N–H and O–H groups in total. The largest absolute Gasteiger partial charge is 0.325 e. The lowest BCUT2D eigenvalue weighted by molar-refractivity contribution is -0.131. The number of nitriles is 1. The molecule has 0 aliphatic carbocycles. The number of hydrogen-bond acceptors (Lipinski definition) is 4. The van der Waals surface area contributed by atoms with Crippen LogP contribution in [0.3, 0.4) is 0 Å². The molecular weight excluding hydrogens is 368 g/mol. The van der Waals surface area contributed by atoms with E-state index in [-0.39, 0.29) is 19.5 Å². The maximum atomic E-state index is 12.9. The van der Waals surface area contributed by atoms with E-state index in [0.717, 1.165) is 16.0 Å². The van der Waals surface area contributed by atoms with Crippen LogP contribution < -0.4 is 10.2 Å². The molecule has 0 unspecified atom stereocenters. The fraction of sp³-hybridized carbons (Fsp3) is 0.273. The normalized spacial score (nSPS) is 15.7. The molecule has 1 aliphatic heterocycles. The predicted octanol–water partition coefficient (Wildman–Crippen LogP) is 2.40. The van der Waals surface area contributed by atoms with E-state index >= 15 is 0 Å². The number of carbonyl (C=O) groups excluding carboxylic acids is 3. The zero-order valence-electron chi connectivity index (χ0n) is 16.2. The van der Waals surface area contributed by atoms with Crippen LogP contribution in [0.2, 0.25) is 0 Å². The maximum Gasteiger partial charge on any atom is 0.325 e. The summed E-state index contributed by atoms with van der Waals surface area (Å²) in [5.74, 6) is -0.829. The molecule has 1 saturated heterocycles. The van der Waals surface area contributed by atoms with Crippen molar-refractivity contribution in [2.75, 3.05) is 18.0 Å². The highest BCUT2D eigenvalue weighted by molar-refractivity contribution is 6.08. The average molecular weight is 390 g/mol. The summed E-state index contributed by atoms with van der Waals surface area (Å²) in [7, 11) is 0. The van der Waals surface area contributed by atoms with Crippen molar-refractivity contribution in [3.05, 3.63) is 65.7 Å². The van der Waals surface area contributed by atoms with E-state index in [1.807, 2.05) is 55.5 Å². The van der Waals surface area contributed by atoms with E-state index in [4.69, 9.17) is 5.26 Å². The van der Waals surface area contributed by atoms with Crippen molar-refractivity contribution < 1.29 is 14.4 Å². The predicted molar refractivity (Wildman–Crippen MR) is 108 cm³/mol. The molecule has 1 atom stereocenters. The number of amides is 4. The number of rotatable bonds is 7. The van der Waals surface area contributed by atoms with E-state index in [2.05, 4.69) is 5.32 Å². The third kappa shape index (κ3) is 4.79. The maximum absolute atomic E-state index is 12.9. The molecule has 1 heterocycles. The first-order chi connectivity index (χ1) is 14.0. The van der Waals surface area contributed by atoms with Gasteiger partial charge in [0.25, 0.3) is 5.91 Å². The molecule has 1 fully saturated rings. The lowest BCUT2D eigenvalue weighted by atomic mass is 10.1. The van der Waals surface area contributed by atoms with Gasteiger partial charge < -0.3 is 10.2 Å². The fourth-order valence-corrected chi connectivity index (χ4v) is 3.22. The minimum absolute atomic E-state index is 0.149. The van der Waals surface area contributed by atoms with E-state index in [0.29, 0.717) is 12.1 Å². The van der Waals surface area contributed by atoms with Crippen molar-refractivity contribution >= 4 is 23.5 Å². The molecule has 148 valence electrons. The Morgan fingerprint density at radius 1 is 1.14 bits per heavy atom. The first kappa shape index (κ1) is 20.1. The van der Waals surface area contributed by atoms with E-state index in [9.17, 15) is 14.4 Å². The topological polar surface area (TPSA) is 93.5 Å². The molecule has 0 radical (unpaired) electrons. The smallest absolute Gasteiger partial charge is 0.325 e. The Morgan fingerprint density at radius 3 is 2.48 bits per heavy atom. The minimum atomic E-state index is -0.690. The molecular formula is C22H22N4O3. The standard InChI is InChI=1S/C22H22N4O3/c1-16-8-10-18(11-9-16)25(13-5-12-23)20(27)15-26-21(28)19(24-22(26)29)14-17-6-3-2-4-7-17/h2-4,6-11,19H,5,13-15H2,1H3,(H,24,29)/t19-/m0/s1. The van der Waals surface area contributed by atoms with Crippen LogP contribution >= 0.6 is 0 Å². The van der Waals surface area contributed by atoms with Crippen LogP contribution in [-0.4, -0.2) is 41.9 Å². The molecule has 29 heavy (non-hydrogen) atoms. The van der Waals surface area contributed by atoms with Gasteiger partial charge in [-0.25, -0.2) is 4.79 Å². The second-order valence-corrected chi connectivity index (χ2v) is 6.91. The molecule has 7 heteroatoms. The summed E-state index contributed by atoms with van der Waals surface area (Å²) < 4.78 is 0. The third-order valence-electron chi connectivity index (χ3n) is 4.78. The molecule has 0 bridgehead atoms. The zero-order chi connectivity index (χ0) is 20.8. The van der Waals surface area contributed by atoms with Gasteiger partial charge in [0.2, 0.25) is 5.91 Å². The van der Waals surface area contributed by atoms with Crippen LogP contribution in [0.4, 0.5) is 10.5 Å². The molecule has 4 amide bonds. The van der Waals surface area contributed by atoms with Crippen LogP contribution in [0, 0.1) is 18.3 Å². The van der Waals surface area contributed by atoms with Gasteiger partial charge in [-0.3, -0.25) is 14.5 Å². The first-order valence-electron chi connectivity index (χ1n) is 9.39. The van der Waals surface area contributed by atoms with Gasteiger partial charge in [-0.15, -0.1) is 0 Å². The Morgan fingerprint density at radius 2 is 1.83 bits per heavy atom. The summed E-state index contributed by atoms with van der Waals surface area (Å²) in [6.45, 7) is 1.76. The lowest BCUT2D eigenvalue weighted by Gasteiger charge is -2.24. The highest BCUT2D eigenvalue weighted by atomic mass is 16.2. The number of anilines is 1. The zero-order valence-corrected chi connectivity index (χ0v) is 16.2. The van der Waals surface area contributed by atoms with Crippen molar-refractivity contribution in [1.29, 1.82) is 5.26 Å². The van der Waals surface area contributed by atoms with Gasteiger partial charge >= 0.3 is 6.03 Å². The molecule has 1 aliphatic rings. The van der Waals surface area contributed by atoms with Gasteiger partial charge in [0, 0.05) is 18.7 Å². The molecule has 0 spiro atoms. The van der Waals surface area contributed by atoms with Gasteiger partial charge in [-0.2, -0.15) is 5.26 Å². The van der Waals surface area contributed by atoms with Crippen molar-refractivity contribution in [3.8, 4) is 6.07 Å². The molecule has 2 aromatic rings. The van der Waals surface area contributed by atoms with Crippen molar-refractivity contribution in [2.24, 2.45) is 0 Å². The fourth-order valence-electron chi connectivity index (χ4n) is 3.22. The molecule has 7 nitrogen and oxygen atoms in total. The van der Waals surface area contributed by atoms with Crippen LogP contribution in [-0.2, 0) is 16.0 Å². The second kappa shape index (κ2) is 9.02. The van der Waals surface area contributed by atoms with Crippen LogP contribution in [0.25, 0.3) is 0 Å². The third-order valence-corrected chi connectivity index (χ3v) is 4.78. The number of urea groups is 1. The summed E-state index contributed by atoms with van der Waals surface area (Å²) in [5.41, 5.74) is 2.60. The molecule has 0 aromatic heterocycles. The Hall–Kier alpha value is -3.66. The number of aryl methyl sites for hydroxylation is 1. The Balaban J connectivity index is 1.71. The highest BCUT2D eigenvalue weighted by Gasteiger charge is 2.39. The van der Waals surface area contributed by atoms with Gasteiger partial charge in [-0.1, -0.05) is 48.0 Å². The lowest BCUT2D eigenvalue weighted by Crippen LogP contribution is -2.44. The summed E-state index contributed by atoms with van der Waals surface area (Å²) in [6.07, 6.45) is 0.516. The Kier molecular flexibility index (Phi) is 6.25. The Bertz CT molecular complexity index is 935. The summed E-state index contributed by atoms with van der Waals surface area (Å²) in [5, 5.41) is 11.6. The highest BCUT2D eigenvalue weighted by Crippen LogP contribution is 2.18. The van der Waals surface area contributed by atoms with Crippen LogP contribution in [0.1, 0.15) is 17.5 Å². The summed E-state index contributed by atoms with van der Waals surface area (Å²) >= 11 is 0. The number of imide groups is 1. The van der Waals surface area contributed by atoms with E-state index in [1.165, 1.54) is 4.90 Å². The number of nitrogens with one attached hydrogen (secondary N) is 1. The first-order valence-corrected chi connectivity index (χ1v) is 9.39. The number of hydrogen-bond donors (Lipinski definition) is 1. The van der Waals surface area contributed by atoms with Gasteiger partial charge in [0.1, 0.15) is 12.6 Å². The van der Waals surface area contributed by atoms with Gasteiger partial charge in [0.15, 0.2) is 0 Å². The van der Waals surface area contributed by atoms with E-state index < -0.39 is 23.9 Å². The molecule has 2 aromatic carbocycles. The summed E-state index contributed by atoms with van der Waals surface area (Å²) in [6, 6.07) is 17.4. The number of nitrogens with zero attached hydrogens (tertiary/aromatic N) is 3. The molecule has 3 rings (SSSR count). The SMILES string of the molecule is Cc1ccc(N(CCC#N)C(=O)CN2C(=O)N[C@@H](Cc3ccccc3)C2=O)cc1. The summed E-state index contributed by atoms with van der Waals surface area (Å²) in [4.78, 5) is 40.3. The molecule has 0 saturated carbocycles. The van der Waals surface area contributed by atoms with E-state index in [1.54, 1.807) is 12.1 Å². The quantitative estimate of drug-likeness (QED) is 0.735.